The molecule has 106 valence electrons. The lowest BCUT2D eigenvalue weighted by Gasteiger charge is -2.15. The zero-order valence-electron chi connectivity index (χ0n) is 11.2. The Bertz CT molecular complexity index is 410. The van der Waals surface area contributed by atoms with Crippen LogP contribution in [0.1, 0.15) is 12.0 Å². The van der Waals surface area contributed by atoms with Gasteiger partial charge in [0, 0.05) is 18.0 Å². The van der Waals surface area contributed by atoms with Crippen LogP contribution in [-0.2, 0) is 4.79 Å². The van der Waals surface area contributed by atoms with E-state index in [1.807, 2.05) is 4.90 Å². The minimum absolute atomic E-state index is 0. The molecule has 1 atom stereocenters. The van der Waals surface area contributed by atoms with Crippen LogP contribution >= 0.6 is 24.2 Å². The molecule has 3 nitrogen and oxygen atoms in total. The van der Waals surface area contributed by atoms with E-state index in [0.717, 1.165) is 24.4 Å². The second-order valence-electron chi connectivity index (χ2n) is 4.83. The zero-order valence-corrected chi connectivity index (χ0v) is 12.8. The molecule has 2 rings (SSSR count). The Morgan fingerprint density at radius 2 is 2.11 bits per heavy atom. The van der Waals surface area contributed by atoms with Crippen molar-refractivity contribution in [3.8, 4) is 0 Å². The Kier molecular flexibility index (Phi) is 6.69. The summed E-state index contributed by atoms with van der Waals surface area (Å²) in [5.41, 5.74) is 6.88. The number of carbonyl (C=O) groups is 1. The molecule has 0 spiro atoms. The number of halogens is 1. The normalized spacial score (nSPS) is 18.2. The highest BCUT2D eigenvalue weighted by Gasteiger charge is 2.24. The van der Waals surface area contributed by atoms with Gasteiger partial charge < -0.3 is 10.6 Å². The molecule has 1 aliphatic rings. The van der Waals surface area contributed by atoms with Gasteiger partial charge in [-0.2, -0.15) is 0 Å². The van der Waals surface area contributed by atoms with Crippen molar-refractivity contribution in [2.24, 2.45) is 11.7 Å². The highest BCUT2D eigenvalue weighted by molar-refractivity contribution is 8.00. The molecule has 0 aromatic heterocycles. The molecular formula is C14H21ClN2OS. The van der Waals surface area contributed by atoms with Crippen LogP contribution in [0.15, 0.2) is 29.2 Å². The minimum atomic E-state index is 0. The number of hydrogen-bond acceptors (Lipinski definition) is 3. The predicted molar refractivity (Wildman–Crippen MR) is 82.9 cm³/mol. The first-order chi connectivity index (χ1) is 8.69. The molecule has 1 saturated heterocycles. The first-order valence-electron chi connectivity index (χ1n) is 6.36. The quantitative estimate of drug-likeness (QED) is 0.868. The molecule has 1 aromatic carbocycles. The first-order valence-corrected chi connectivity index (χ1v) is 7.35. The molecule has 0 bridgehead atoms. The standard InChI is InChI=1S/C14H20N2OS.ClH/c1-11-2-4-13(5-3-11)18-10-14(17)16-7-6-12(8-15)9-16;/h2-5,12H,6-10,15H2,1H3;1H. The predicted octanol–water partition coefficient (Wildman–Crippen LogP) is 2.32. The average molecular weight is 301 g/mol. The van der Waals surface area contributed by atoms with Crippen LogP contribution in [-0.4, -0.2) is 36.2 Å². The molecule has 1 aromatic rings. The third-order valence-corrected chi connectivity index (χ3v) is 4.35. The molecule has 2 N–H and O–H groups in total. The summed E-state index contributed by atoms with van der Waals surface area (Å²) in [5, 5.41) is 0. The van der Waals surface area contributed by atoms with Crippen LogP contribution in [0.4, 0.5) is 0 Å². The maximum absolute atomic E-state index is 12.0. The molecule has 1 aliphatic heterocycles. The van der Waals surface area contributed by atoms with Gasteiger partial charge >= 0.3 is 0 Å². The van der Waals surface area contributed by atoms with E-state index < -0.39 is 0 Å². The summed E-state index contributed by atoms with van der Waals surface area (Å²) < 4.78 is 0. The Morgan fingerprint density at radius 3 is 2.68 bits per heavy atom. The number of likely N-dealkylation sites (tertiary alicyclic amines) is 1. The fraction of sp³-hybridized carbons (Fsp3) is 0.500. The Labute approximate surface area is 125 Å². The number of amides is 1. The van der Waals surface area contributed by atoms with Gasteiger partial charge in [-0.25, -0.2) is 0 Å². The molecule has 1 fully saturated rings. The molecular weight excluding hydrogens is 280 g/mol. The molecule has 19 heavy (non-hydrogen) atoms. The first kappa shape index (κ1) is 16.3. The zero-order chi connectivity index (χ0) is 13.0. The van der Waals surface area contributed by atoms with E-state index in [0.29, 0.717) is 18.2 Å². The van der Waals surface area contributed by atoms with E-state index in [1.54, 1.807) is 11.8 Å². The largest absolute Gasteiger partial charge is 0.342 e. The minimum Gasteiger partial charge on any atom is -0.342 e. The van der Waals surface area contributed by atoms with Crippen molar-refractivity contribution in [2.45, 2.75) is 18.2 Å². The number of nitrogens with zero attached hydrogens (tertiary/aromatic N) is 1. The van der Waals surface area contributed by atoms with Crippen LogP contribution in [0.3, 0.4) is 0 Å². The SMILES string of the molecule is Cc1ccc(SCC(=O)N2CCC(CN)C2)cc1.Cl. The summed E-state index contributed by atoms with van der Waals surface area (Å²) in [5.74, 6) is 1.26. The number of aryl methyl sites for hydroxylation is 1. The molecule has 0 radical (unpaired) electrons. The Balaban J connectivity index is 0.00000180. The van der Waals surface area contributed by atoms with E-state index in [1.165, 1.54) is 5.56 Å². The van der Waals surface area contributed by atoms with Gasteiger partial charge in [0.2, 0.25) is 5.91 Å². The van der Waals surface area contributed by atoms with Gasteiger partial charge in [-0.15, -0.1) is 24.2 Å². The fourth-order valence-corrected chi connectivity index (χ4v) is 2.92. The second kappa shape index (κ2) is 7.78. The maximum Gasteiger partial charge on any atom is 0.232 e. The molecule has 0 aliphatic carbocycles. The topological polar surface area (TPSA) is 46.3 Å². The molecule has 5 heteroatoms. The van der Waals surface area contributed by atoms with E-state index in [9.17, 15) is 4.79 Å². The highest BCUT2D eigenvalue weighted by Crippen LogP contribution is 2.21. The van der Waals surface area contributed by atoms with Gasteiger partial charge in [-0.1, -0.05) is 17.7 Å². The Hall–Kier alpha value is -0.710. The van der Waals surface area contributed by atoms with Gasteiger partial charge in [-0.3, -0.25) is 4.79 Å². The third-order valence-electron chi connectivity index (χ3n) is 3.36. The summed E-state index contributed by atoms with van der Waals surface area (Å²) in [6.45, 7) is 4.46. The van der Waals surface area contributed by atoms with Crippen LogP contribution in [0.5, 0.6) is 0 Å². The molecule has 1 heterocycles. The van der Waals surface area contributed by atoms with Crippen molar-refractivity contribution >= 4 is 30.1 Å². The van der Waals surface area contributed by atoms with Crippen LogP contribution in [0.2, 0.25) is 0 Å². The Morgan fingerprint density at radius 1 is 1.42 bits per heavy atom. The van der Waals surface area contributed by atoms with Crippen molar-refractivity contribution < 1.29 is 4.79 Å². The number of carbonyl (C=O) groups excluding carboxylic acids is 1. The van der Waals surface area contributed by atoms with Crippen molar-refractivity contribution in [3.05, 3.63) is 29.8 Å². The van der Waals surface area contributed by atoms with E-state index in [-0.39, 0.29) is 18.3 Å². The highest BCUT2D eigenvalue weighted by atomic mass is 35.5. The van der Waals surface area contributed by atoms with Crippen LogP contribution in [0.25, 0.3) is 0 Å². The van der Waals surface area contributed by atoms with E-state index in [2.05, 4.69) is 31.2 Å². The average Bonchev–Trinajstić information content (AvgIpc) is 2.86. The maximum atomic E-state index is 12.0. The van der Waals surface area contributed by atoms with Crippen molar-refractivity contribution in [2.75, 3.05) is 25.4 Å². The lowest BCUT2D eigenvalue weighted by atomic mass is 10.1. The van der Waals surface area contributed by atoms with Gasteiger partial charge in [0.25, 0.3) is 0 Å². The number of thioether (sulfide) groups is 1. The number of rotatable bonds is 4. The summed E-state index contributed by atoms with van der Waals surface area (Å²) in [6, 6.07) is 8.29. The number of nitrogens with two attached hydrogens (primary N) is 1. The van der Waals surface area contributed by atoms with Crippen molar-refractivity contribution in [3.63, 3.8) is 0 Å². The molecule has 1 unspecified atom stereocenters. The van der Waals surface area contributed by atoms with Gasteiger partial charge in [-0.05, 0) is 37.9 Å². The van der Waals surface area contributed by atoms with Gasteiger partial charge in [0.1, 0.15) is 0 Å². The van der Waals surface area contributed by atoms with Crippen molar-refractivity contribution in [1.29, 1.82) is 0 Å². The number of benzene rings is 1. The second-order valence-corrected chi connectivity index (χ2v) is 5.88. The molecule has 1 amide bonds. The molecule has 0 saturated carbocycles. The van der Waals surface area contributed by atoms with E-state index in [4.69, 9.17) is 5.73 Å². The van der Waals surface area contributed by atoms with Gasteiger partial charge in [0.15, 0.2) is 0 Å². The van der Waals surface area contributed by atoms with Crippen molar-refractivity contribution in [1.82, 2.24) is 4.90 Å². The monoisotopic (exact) mass is 300 g/mol. The van der Waals surface area contributed by atoms with Crippen LogP contribution < -0.4 is 5.73 Å². The smallest absolute Gasteiger partial charge is 0.232 e. The third kappa shape index (κ3) is 4.71. The van der Waals surface area contributed by atoms with Gasteiger partial charge in [0.05, 0.1) is 5.75 Å². The summed E-state index contributed by atoms with van der Waals surface area (Å²) in [6.07, 6.45) is 1.05. The fourth-order valence-electron chi connectivity index (χ4n) is 2.12. The lowest BCUT2D eigenvalue weighted by molar-refractivity contribution is -0.127. The number of hydrogen-bond donors (Lipinski definition) is 1. The summed E-state index contributed by atoms with van der Waals surface area (Å²) in [4.78, 5) is 15.1. The summed E-state index contributed by atoms with van der Waals surface area (Å²) >= 11 is 1.61. The van der Waals surface area contributed by atoms with E-state index >= 15 is 0 Å². The van der Waals surface area contributed by atoms with Crippen LogP contribution in [0, 0.1) is 12.8 Å². The summed E-state index contributed by atoms with van der Waals surface area (Å²) in [7, 11) is 0. The lowest BCUT2D eigenvalue weighted by Crippen LogP contribution is -2.31.